The number of rotatable bonds is 6. The van der Waals surface area contributed by atoms with Crippen LogP contribution in [0, 0.1) is 11.6 Å². The Morgan fingerprint density at radius 1 is 1.30 bits per heavy atom. The van der Waals surface area contributed by atoms with Crippen molar-refractivity contribution in [1.82, 2.24) is 15.2 Å². The van der Waals surface area contributed by atoms with Gasteiger partial charge in [-0.05, 0) is 17.7 Å². The molecule has 3 rings (SSSR count). The molecule has 1 N–H and O–H groups in total. The molecule has 0 aliphatic carbocycles. The summed E-state index contributed by atoms with van der Waals surface area (Å²) in [5.74, 6) is -2.58. The third-order valence-electron chi connectivity index (χ3n) is 4.46. The van der Waals surface area contributed by atoms with E-state index in [2.05, 4.69) is 10.3 Å². The van der Waals surface area contributed by atoms with Gasteiger partial charge < -0.3 is 14.8 Å². The van der Waals surface area contributed by atoms with Gasteiger partial charge in [-0.25, -0.2) is 4.39 Å². The highest BCUT2D eigenvalue weighted by atomic mass is 19.2. The van der Waals surface area contributed by atoms with E-state index in [9.17, 15) is 13.6 Å². The molecule has 8 heteroatoms. The van der Waals surface area contributed by atoms with Gasteiger partial charge in [0.25, 0.3) is 0 Å². The van der Waals surface area contributed by atoms with Gasteiger partial charge in [-0.3, -0.25) is 14.7 Å². The highest BCUT2D eigenvalue weighted by molar-refractivity contribution is 5.83. The van der Waals surface area contributed by atoms with E-state index in [1.54, 1.807) is 18.5 Å². The fraction of sp³-hybridized carbons (Fsp3) is 0.368. The standard InChI is InChI=1S/C19H21F2N3O3/c1-26-15-5-4-13(16(20)17(15)21)12-23-19(25)18(14-3-2-6-22-11-14)24-7-9-27-10-8-24/h2-6,11,18H,7-10,12H2,1H3,(H,23,25)/t18-/m1/s1. The number of amides is 1. The zero-order chi connectivity index (χ0) is 19.2. The number of pyridine rings is 1. The van der Waals surface area contributed by atoms with Gasteiger partial charge >= 0.3 is 0 Å². The molecule has 1 aromatic heterocycles. The van der Waals surface area contributed by atoms with Crippen molar-refractivity contribution in [3.05, 3.63) is 59.4 Å². The molecule has 1 aliphatic heterocycles. The number of morpholine rings is 1. The van der Waals surface area contributed by atoms with Gasteiger partial charge in [-0.1, -0.05) is 12.1 Å². The highest BCUT2D eigenvalue weighted by Gasteiger charge is 2.29. The zero-order valence-corrected chi connectivity index (χ0v) is 15.0. The van der Waals surface area contributed by atoms with Crippen LogP contribution in [0.1, 0.15) is 17.2 Å². The number of carbonyl (C=O) groups excluding carboxylic acids is 1. The SMILES string of the molecule is COc1ccc(CNC(=O)[C@@H](c2cccnc2)N2CCOCC2)c(F)c1F. The van der Waals surface area contributed by atoms with Crippen molar-refractivity contribution in [2.45, 2.75) is 12.6 Å². The molecule has 1 aliphatic rings. The lowest BCUT2D eigenvalue weighted by atomic mass is 10.1. The topological polar surface area (TPSA) is 63.7 Å². The first-order valence-electron chi connectivity index (χ1n) is 8.62. The van der Waals surface area contributed by atoms with Gasteiger partial charge in [0, 0.05) is 37.6 Å². The molecule has 0 bridgehead atoms. The molecule has 0 unspecified atom stereocenters. The fourth-order valence-electron chi connectivity index (χ4n) is 3.05. The van der Waals surface area contributed by atoms with E-state index in [4.69, 9.17) is 9.47 Å². The van der Waals surface area contributed by atoms with E-state index in [0.717, 1.165) is 5.56 Å². The third kappa shape index (κ3) is 4.40. The van der Waals surface area contributed by atoms with Gasteiger partial charge in [0.2, 0.25) is 11.7 Å². The van der Waals surface area contributed by atoms with E-state index in [1.807, 2.05) is 11.0 Å². The molecule has 1 amide bonds. The van der Waals surface area contributed by atoms with Crippen LogP contribution in [0.4, 0.5) is 8.78 Å². The van der Waals surface area contributed by atoms with Gasteiger partial charge in [0.15, 0.2) is 11.6 Å². The van der Waals surface area contributed by atoms with Crippen LogP contribution in [0.15, 0.2) is 36.7 Å². The van der Waals surface area contributed by atoms with Gasteiger partial charge in [-0.2, -0.15) is 4.39 Å². The predicted molar refractivity (Wildman–Crippen MR) is 94.1 cm³/mol. The van der Waals surface area contributed by atoms with Crippen LogP contribution in [-0.2, 0) is 16.1 Å². The average molecular weight is 377 g/mol. The fourth-order valence-corrected chi connectivity index (χ4v) is 3.05. The second-order valence-electron chi connectivity index (χ2n) is 6.11. The molecule has 1 aromatic carbocycles. The van der Waals surface area contributed by atoms with Crippen LogP contribution in [0.2, 0.25) is 0 Å². The number of ether oxygens (including phenoxy) is 2. The second-order valence-corrected chi connectivity index (χ2v) is 6.11. The Kier molecular flexibility index (Phi) is 6.31. The summed E-state index contributed by atoms with van der Waals surface area (Å²) in [5.41, 5.74) is 0.784. The highest BCUT2D eigenvalue weighted by Crippen LogP contribution is 2.24. The van der Waals surface area contributed by atoms with Crippen LogP contribution in [0.3, 0.4) is 0 Å². The molecule has 2 aromatic rings. The second kappa shape index (κ2) is 8.88. The number of nitrogens with one attached hydrogen (secondary N) is 1. The van der Waals surface area contributed by atoms with E-state index in [0.29, 0.717) is 26.3 Å². The number of nitrogens with zero attached hydrogens (tertiary/aromatic N) is 2. The summed E-state index contributed by atoms with van der Waals surface area (Å²) in [4.78, 5) is 18.9. The van der Waals surface area contributed by atoms with Crippen molar-refractivity contribution in [3.63, 3.8) is 0 Å². The predicted octanol–water partition coefficient (Wildman–Crippen LogP) is 2.06. The van der Waals surface area contributed by atoms with Crippen molar-refractivity contribution in [3.8, 4) is 5.75 Å². The summed E-state index contributed by atoms with van der Waals surface area (Å²) < 4.78 is 38.1. The van der Waals surface area contributed by atoms with Gasteiger partial charge in [-0.15, -0.1) is 0 Å². The van der Waals surface area contributed by atoms with Crippen LogP contribution in [0.5, 0.6) is 5.75 Å². The molecule has 0 radical (unpaired) electrons. The number of methoxy groups -OCH3 is 1. The third-order valence-corrected chi connectivity index (χ3v) is 4.46. The minimum Gasteiger partial charge on any atom is -0.494 e. The molecule has 1 saturated heterocycles. The Morgan fingerprint density at radius 3 is 2.74 bits per heavy atom. The summed E-state index contributed by atoms with van der Waals surface area (Å²) in [6.07, 6.45) is 3.26. The molecule has 0 spiro atoms. The Morgan fingerprint density at radius 2 is 2.07 bits per heavy atom. The first-order valence-corrected chi connectivity index (χ1v) is 8.62. The molecule has 27 heavy (non-hydrogen) atoms. The molecule has 1 fully saturated rings. The van der Waals surface area contributed by atoms with Crippen LogP contribution in [-0.4, -0.2) is 49.2 Å². The van der Waals surface area contributed by atoms with Crippen LogP contribution >= 0.6 is 0 Å². The van der Waals surface area contributed by atoms with Crippen LogP contribution < -0.4 is 10.1 Å². The Balaban J connectivity index is 1.76. The summed E-state index contributed by atoms with van der Waals surface area (Å²) in [6, 6.07) is 5.73. The maximum atomic E-state index is 14.1. The minimum absolute atomic E-state index is 0.0496. The molecule has 1 atom stereocenters. The number of hydrogen-bond acceptors (Lipinski definition) is 5. The quantitative estimate of drug-likeness (QED) is 0.835. The monoisotopic (exact) mass is 377 g/mol. The van der Waals surface area contributed by atoms with Crippen molar-refractivity contribution < 1.29 is 23.0 Å². The maximum absolute atomic E-state index is 14.1. The molecular weight excluding hydrogens is 356 g/mol. The van der Waals surface area contributed by atoms with Crippen molar-refractivity contribution >= 4 is 5.91 Å². The maximum Gasteiger partial charge on any atom is 0.242 e. The van der Waals surface area contributed by atoms with Crippen molar-refractivity contribution in [2.24, 2.45) is 0 Å². The number of aromatic nitrogens is 1. The Labute approximate surface area is 156 Å². The zero-order valence-electron chi connectivity index (χ0n) is 15.0. The first kappa shape index (κ1) is 19.2. The smallest absolute Gasteiger partial charge is 0.242 e. The lowest BCUT2D eigenvalue weighted by Crippen LogP contribution is -2.45. The summed E-state index contributed by atoms with van der Waals surface area (Å²) in [6.45, 7) is 2.12. The lowest BCUT2D eigenvalue weighted by Gasteiger charge is -2.33. The van der Waals surface area contributed by atoms with Crippen molar-refractivity contribution in [2.75, 3.05) is 33.4 Å². The molecular formula is C19H21F2N3O3. The summed E-state index contributed by atoms with van der Waals surface area (Å²) >= 11 is 0. The first-order chi connectivity index (χ1) is 13.1. The average Bonchev–Trinajstić information content (AvgIpc) is 2.71. The van der Waals surface area contributed by atoms with E-state index in [-0.39, 0.29) is 23.8 Å². The number of benzene rings is 1. The van der Waals surface area contributed by atoms with Crippen molar-refractivity contribution in [1.29, 1.82) is 0 Å². The lowest BCUT2D eigenvalue weighted by molar-refractivity contribution is -0.128. The van der Waals surface area contributed by atoms with E-state index in [1.165, 1.54) is 19.2 Å². The molecule has 144 valence electrons. The number of halogens is 2. The summed E-state index contributed by atoms with van der Waals surface area (Å²) in [7, 11) is 1.26. The molecule has 6 nitrogen and oxygen atoms in total. The van der Waals surface area contributed by atoms with E-state index >= 15 is 0 Å². The Hall–Kier alpha value is -2.58. The largest absolute Gasteiger partial charge is 0.494 e. The Bertz CT molecular complexity index is 783. The molecule has 0 saturated carbocycles. The van der Waals surface area contributed by atoms with Crippen LogP contribution in [0.25, 0.3) is 0 Å². The number of hydrogen-bond donors (Lipinski definition) is 1. The van der Waals surface area contributed by atoms with Gasteiger partial charge in [0.1, 0.15) is 6.04 Å². The minimum atomic E-state index is -1.07. The van der Waals surface area contributed by atoms with Gasteiger partial charge in [0.05, 0.1) is 20.3 Å². The number of carbonyl (C=O) groups is 1. The van der Waals surface area contributed by atoms with E-state index < -0.39 is 17.7 Å². The molecule has 2 heterocycles. The summed E-state index contributed by atoms with van der Waals surface area (Å²) in [5, 5.41) is 2.70. The normalized spacial score (nSPS) is 16.0.